The molecule has 0 spiro atoms. The minimum atomic E-state index is -0.590. The summed E-state index contributed by atoms with van der Waals surface area (Å²) in [6, 6.07) is 0.366. The van der Waals surface area contributed by atoms with Crippen molar-refractivity contribution in [1.29, 1.82) is 0 Å². The molecule has 1 N–H and O–H groups in total. The smallest absolute Gasteiger partial charge is 0.105 e. The molecule has 1 nitrogen and oxygen atoms in total. The van der Waals surface area contributed by atoms with Crippen molar-refractivity contribution >= 4 is 0 Å². The van der Waals surface area contributed by atoms with E-state index in [0.29, 0.717) is 17.9 Å². The van der Waals surface area contributed by atoms with Gasteiger partial charge in [-0.05, 0) is 74.9 Å². The zero-order chi connectivity index (χ0) is 16.1. The molecule has 0 aromatic rings. The maximum absolute atomic E-state index is 14.7. The first-order valence-corrected chi connectivity index (χ1v) is 10.3. The Kier molecular flexibility index (Phi) is 3.83. The van der Waals surface area contributed by atoms with Crippen LogP contribution in [0.3, 0.4) is 0 Å². The van der Waals surface area contributed by atoms with E-state index < -0.39 is 6.17 Å². The van der Waals surface area contributed by atoms with Crippen molar-refractivity contribution < 1.29 is 4.39 Å². The van der Waals surface area contributed by atoms with Crippen LogP contribution >= 0.6 is 0 Å². The Balaban J connectivity index is 1.51. The molecule has 0 saturated heterocycles. The molecular formula is C22H30FN. The van der Waals surface area contributed by atoms with E-state index in [1.165, 1.54) is 50.6 Å². The van der Waals surface area contributed by atoms with Crippen LogP contribution in [0.1, 0.15) is 70.6 Å². The molecule has 0 aromatic carbocycles. The van der Waals surface area contributed by atoms with Crippen LogP contribution in [-0.4, -0.2) is 12.2 Å². The van der Waals surface area contributed by atoms with Crippen LogP contribution in [0.25, 0.3) is 0 Å². The summed E-state index contributed by atoms with van der Waals surface area (Å²) in [5.74, 6) is 1.41. The maximum atomic E-state index is 14.7. The highest BCUT2D eigenvalue weighted by molar-refractivity contribution is 5.49. The Bertz CT molecular complexity index is 613. The van der Waals surface area contributed by atoms with Gasteiger partial charge in [-0.1, -0.05) is 30.6 Å². The molecule has 0 amide bonds. The Morgan fingerprint density at radius 1 is 0.917 bits per heavy atom. The van der Waals surface area contributed by atoms with Crippen LogP contribution in [0.5, 0.6) is 0 Å². The molecule has 5 aliphatic rings. The van der Waals surface area contributed by atoms with Crippen molar-refractivity contribution in [3.05, 3.63) is 34.6 Å². The van der Waals surface area contributed by atoms with Crippen LogP contribution in [-0.2, 0) is 0 Å². The minimum absolute atomic E-state index is 0.238. The molecule has 4 aliphatic carbocycles. The highest BCUT2D eigenvalue weighted by Gasteiger charge is 2.46. The van der Waals surface area contributed by atoms with Gasteiger partial charge in [-0.2, -0.15) is 0 Å². The molecule has 130 valence electrons. The summed E-state index contributed by atoms with van der Waals surface area (Å²) in [4.78, 5) is 0. The predicted molar refractivity (Wildman–Crippen MR) is 96.3 cm³/mol. The second-order valence-electron chi connectivity index (χ2n) is 8.67. The SMILES string of the molecule is FC1CCCCC1C1NC2=C(C3=C(CCCC3)CC2)C2C=CCC21. The lowest BCUT2D eigenvalue weighted by molar-refractivity contribution is 0.0955. The number of nitrogens with one attached hydrogen (secondary N) is 1. The molecule has 5 rings (SSSR count). The van der Waals surface area contributed by atoms with Gasteiger partial charge in [0.15, 0.2) is 0 Å². The monoisotopic (exact) mass is 327 g/mol. The summed E-state index contributed by atoms with van der Waals surface area (Å²) in [6.45, 7) is 0. The third-order valence-corrected chi connectivity index (χ3v) is 7.45. The van der Waals surface area contributed by atoms with Gasteiger partial charge in [0.1, 0.15) is 6.17 Å². The summed E-state index contributed by atoms with van der Waals surface area (Å²) in [5, 5.41) is 3.93. The summed E-state index contributed by atoms with van der Waals surface area (Å²) in [7, 11) is 0. The van der Waals surface area contributed by atoms with Gasteiger partial charge >= 0.3 is 0 Å². The number of hydrogen-bond acceptors (Lipinski definition) is 1. The van der Waals surface area contributed by atoms with Gasteiger partial charge < -0.3 is 5.32 Å². The van der Waals surface area contributed by atoms with Gasteiger partial charge in [-0.15, -0.1) is 0 Å². The second kappa shape index (κ2) is 6.04. The van der Waals surface area contributed by atoms with E-state index in [1.807, 2.05) is 0 Å². The van der Waals surface area contributed by atoms with Crippen LogP contribution in [0.15, 0.2) is 34.6 Å². The lowest BCUT2D eigenvalue weighted by Crippen LogP contribution is -2.51. The molecule has 0 aromatic heterocycles. The Labute approximate surface area is 145 Å². The van der Waals surface area contributed by atoms with E-state index >= 15 is 0 Å². The molecule has 1 aliphatic heterocycles. The fourth-order valence-electron chi connectivity index (χ4n) is 6.32. The van der Waals surface area contributed by atoms with E-state index in [4.69, 9.17) is 0 Å². The topological polar surface area (TPSA) is 12.0 Å². The summed E-state index contributed by atoms with van der Waals surface area (Å²) in [5.41, 5.74) is 6.60. The van der Waals surface area contributed by atoms with Gasteiger partial charge in [-0.25, -0.2) is 4.39 Å². The highest BCUT2D eigenvalue weighted by atomic mass is 19.1. The van der Waals surface area contributed by atoms with Crippen molar-refractivity contribution in [2.45, 2.75) is 82.8 Å². The second-order valence-corrected chi connectivity index (χ2v) is 8.67. The van der Waals surface area contributed by atoms with Crippen molar-refractivity contribution in [2.75, 3.05) is 0 Å². The van der Waals surface area contributed by atoms with Gasteiger partial charge in [0.2, 0.25) is 0 Å². The van der Waals surface area contributed by atoms with Crippen molar-refractivity contribution in [3.8, 4) is 0 Å². The quantitative estimate of drug-likeness (QED) is 0.618. The first kappa shape index (κ1) is 15.2. The Hall–Kier alpha value is -1.05. The number of alkyl halides is 1. The lowest BCUT2D eigenvalue weighted by Gasteiger charge is -2.47. The van der Waals surface area contributed by atoms with Crippen molar-refractivity contribution in [1.82, 2.24) is 5.32 Å². The zero-order valence-electron chi connectivity index (χ0n) is 14.7. The highest BCUT2D eigenvalue weighted by Crippen LogP contribution is 2.51. The average molecular weight is 327 g/mol. The Morgan fingerprint density at radius 2 is 1.79 bits per heavy atom. The Morgan fingerprint density at radius 3 is 2.71 bits per heavy atom. The first-order valence-electron chi connectivity index (χ1n) is 10.3. The van der Waals surface area contributed by atoms with Gasteiger partial charge in [0.05, 0.1) is 0 Å². The van der Waals surface area contributed by atoms with Gasteiger partial charge in [-0.3, -0.25) is 0 Å². The van der Waals surface area contributed by atoms with E-state index in [1.54, 1.807) is 16.7 Å². The van der Waals surface area contributed by atoms with Crippen molar-refractivity contribution in [3.63, 3.8) is 0 Å². The predicted octanol–water partition coefficient (Wildman–Crippen LogP) is 5.60. The maximum Gasteiger partial charge on any atom is 0.105 e. The number of allylic oxidation sites excluding steroid dienone is 6. The normalized spacial score (nSPS) is 41.6. The van der Waals surface area contributed by atoms with Crippen LogP contribution < -0.4 is 5.32 Å². The van der Waals surface area contributed by atoms with E-state index in [2.05, 4.69) is 17.5 Å². The van der Waals surface area contributed by atoms with Crippen LogP contribution in [0.4, 0.5) is 4.39 Å². The molecule has 1 saturated carbocycles. The fraction of sp³-hybridized carbons (Fsp3) is 0.727. The number of fused-ring (bicyclic) bond motifs is 3. The van der Waals surface area contributed by atoms with Crippen LogP contribution in [0, 0.1) is 17.8 Å². The van der Waals surface area contributed by atoms with E-state index in [9.17, 15) is 4.39 Å². The third kappa shape index (κ3) is 2.32. The number of hydrogen-bond donors (Lipinski definition) is 1. The van der Waals surface area contributed by atoms with Gasteiger partial charge in [0, 0.05) is 23.6 Å². The first-order chi connectivity index (χ1) is 11.8. The minimum Gasteiger partial charge on any atom is -0.385 e. The standard InChI is InChI=1S/C22H30FN/c23-19-11-4-3-8-18(19)22-17-10-5-9-16(17)21-15-7-2-1-6-14(15)12-13-20(21)24-22/h5,9,16-19,22,24H,1-4,6-8,10-13H2. The zero-order valence-corrected chi connectivity index (χ0v) is 14.7. The van der Waals surface area contributed by atoms with Crippen LogP contribution in [0.2, 0.25) is 0 Å². The molecule has 5 atom stereocenters. The largest absolute Gasteiger partial charge is 0.385 e. The fourth-order valence-corrected chi connectivity index (χ4v) is 6.32. The van der Waals surface area contributed by atoms with Gasteiger partial charge in [0.25, 0.3) is 0 Å². The molecule has 0 bridgehead atoms. The molecular weight excluding hydrogens is 297 g/mol. The molecule has 2 heteroatoms. The van der Waals surface area contributed by atoms with E-state index in [0.717, 1.165) is 25.7 Å². The molecule has 1 heterocycles. The van der Waals surface area contributed by atoms with E-state index in [-0.39, 0.29) is 5.92 Å². The summed E-state index contributed by atoms with van der Waals surface area (Å²) >= 11 is 0. The van der Waals surface area contributed by atoms with Crippen molar-refractivity contribution in [2.24, 2.45) is 17.8 Å². The number of halogens is 1. The molecule has 1 fully saturated rings. The lowest BCUT2D eigenvalue weighted by atomic mass is 9.66. The third-order valence-electron chi connectivity index (χ3n) is 7.45. The average Bonchev–Trinajstić information content (AvgIpc) is 3.11. The number of rotatable bonds is 1. The summed E-state index contributed by atoms with van der Waals surface area (Å²) in [6.07, 6.45) is 17.3. The summed E-state index contributed by atoms with van der Waals surface area (Å²) < 4.78 is 14.7. The molecule has 5 unspecified atom stereocenters. The molecule has 0 radical (unpaired) electrons. The molecule has 24 heavy (non-hydrogen) atoms.